The summed E-state index contributed by atoms with van der Waals surface area (Å²) < 4.78 is 12.9. The number of nitrogens with zero attached hydrogens (tertiary/aromatic N) is 4. The second-order valence-corrected chi connectivity index (χ2v) is 3.70. The van der Waals surface area contributed by atoms with Crippen LogP contribution in [-0.4, -0.2) is 25.6 Å². The number of tetrazole rings is 1. The lowest BCUT2D eigenvalue weighted by molar-refractivity contribution is 0.628. The van der Waals surface area contributed by atoms with Crippen molar-refractivity contribution in [1.82, 2.24) is 25.6 Å². The predicted molar refractivity (Wildman–Crippen MR) is 62.8 cm³/mol. The van der Waals surface area contributed by atoms with Gasteiger partial charge in [0, 0.05) is 23.5 Å². The molecule has 0 aliphatic heterocycles. The molecule has 6 heteroatoms. The van der Waals surface area contributed by atoms with Crippen molar-refractivity contribution in [3.8, 4) is 22.5 Å². The van der Waals surface area contributed by atoms with Gasteiger partial charge in [-0.1, -0.05) is 12.1 Å². The van der Waals surface area contributed by atoms with E-state index < -0.39 is 0 Å². The van der Waals surface area contributed by atoms with Gasteiger partial charge >= 0.3 is 0 Å². The Bertz CT molecular complexity index is 648. The van der Waals surface area contributed by atoms with E-state index in [2.05, 4.69) is 25.6 Å². The van der Waals surface area contributed by atoms with Crippen LogP contribution in [0, 0.1) is 5.82 Å². The maximum absolute atomic E-state index is 12.9. The number of halogens is 1. The fourth-order valence-electron chi connectivity index (χ4n) is 1.65. The predicted octanol–water partition coefficient (Wildman–Crippen LogP) is 2.07. The molecule has 0 spiro atoms. The van der Waals surface area contributed by atoms with Crippen LogP contribution in [0.5, 0.6) is 0 Å². The van der Waals surface area contributed by atoms with Crippen molar-refractivity contribution < 1.29 is 4.39 Å². The summed E-state index contributed by atoms with van der Waals surface area (Å²) >= 11 is 0. The monoisotopic (exact) mass is 241 g/mol. The quantitative estimate of drug-likeness (QED) is 0.745. The molecule has 0 aliphatic carbocycles. The van der Waals surface area contributed by atoms with Gasteiger partial charge in [0.05, 0.1) is 0 Å². The molecule has 0 amide bonds. The van der Waals surface area contributed by atoms with E-state index >= 15 is 0 Å². The average Bonchev–Trinajstić information content (AvgIpc) is 2.94. The lowest BCUT2D eigenvalue weighted by Gasteiger charge is -2.02. The maximum atomic E-state index is 12.9. The minimum Gasteiger partial charge on any atom is -0.263 e. The fourth-order valence-corrected chi connectivity index (χ4v) is 1.65. The van der Waals surface area contributed by atoms with Crippen LogP contribution in [0.4, 0.5) is 4.39 Å². The van der Waals surface area contributed by atoms with Crippen LogP contribution in [0.25, 0.3) is 22.5 Å². The standard InChI is InChI=1S/C12H8FN5/c13-11-3-1-8(2-4-11)9-5-10(7-14-6-9)12-15-17-18-16-12/h1-7H,(H,15,16,17,18). The summed E-state index contributed by atoms with van der Waals surface area (Å²) in [5.41, 5.74) is 2.51. The zero-order valence-corrected chi connectivity index (χ0v) is 9.21. The third-order valence-corrected chi connectivity index (χ3v) is 2.52. The number of aromatic nitrogens is 5. The summed E-state index contributed by atoms with van der Waals surface area (Å²) in [5, 5.41) is 13.7. The summed E-state index contributed by atoms with van der Waals surface area (Å²) in [7, 11) is 0. The van der Waals surface area contributed by atoms with Crippen molar-refractivity contribution in [2.75, 3.05) is 0 Å². The van der Waals surface area contributed by atoms with E-state index in [1.165, 1.54) is 12.1 Å². The Hall–Kier alpha value is -2.63. The first-order chi connectivity index (χ1) is 8.83. The molecule has 0 saturated heterocycles. The molecule has 1 N–H and O–H groups in total. The van der Waals surface area contributed by atoms with Crippen LogP contribution in [0.2, 0.25) is 0 Å². The Kier molecular flexibility index (Phi) is 2.53. The van der Waals surface area contributed by atoms with Crippen LogP contribution in [0.3, 0.4) is 0 Å². The normalized spacial score (nSPS) is 10.5. The highest BCUT2D eigenvalue weighted by Gasteiger charge is 2.05. The Morgan fingerprint density at radius 1 is 0.944 bits per heavy atom. The Balaban J connectivity index is 2.03. The van der Waals surface area contributed by atoms with Gasteiger partial charge in [0.2, 0.25) is 5.82 Å². The van der Waals surface area contributed by atoms with Gasteiger partial charge < -0.3 is 0 Å². The van der Waals surface area contributed by atoms with Gasteiger partial charge in [-0.2, -0.15) is 5.21 Å². The third-order valence-electron chi connectivity index (χ3n) is 2.52. The van der Waals surface area contributed by atoms with Crippen molar-refractivity contribution in [1.29, 1.82) is 0 Å². The number of pyridine rings is 1. The molecule has 5 nitrogen and oxygen atoms in total. The van der Waals surface area contributed by atoms with E-state index in [-0.39, 0.29) is 5.82 Å². The third kappa shape index (κ3) is 1.95. The molecule has 0 aliphatic rings. The molecule has 0 unspecified atom stereocenters. The number of benzene rings is 1. The van der Waals surface area contributed by atoms with Crippen LogP contribution in [0.1, 0.15) is 0 Å². The zero-order chi connectivity index (χ0) is 12.4. The Morgan fingerprint density at radius 3 is 2.44 bits per heavy atom. The van der Waals surface area contributed by atoms with Crippen molar-refractivity contribution in [3.63, 3.8) is 0 Å². The lowest BCUT2D eigenvalue weighted by Crippen LogP contribution is -1.86. The molecule has 0 saturated carbocycles. The molecule has 0 bridgehead atoms. The number of H-pyrrole nitrogens is 1. The first kappa shape index (κ1) is 10.5. The van der Waals surface area contributed by atoms with E-state index in [1.807, 2.05) is 6.07 Å². The number of hydrogen-bond acceptors (Lipinski definition) is 4. The molecule has 0 fully saturated rings. The highest BCUT2D eigenvalue weighted by atomic mass is 19.1. The summed E-state index contributed by atoms with van der Waals surface area (Å²) in [6.45, 7) is 0. The van der Waals surface area contributed by atoms with Gasteiger partial charge in [-0.15, -0.1) is 10.2 Å². The molecule has 2 aromatic heterocycles. The second-order valence-electron chi connectivity index (χ2n) is 3.70. The van der Waals surface area contributed by atoms with Crippen LogP contribution in [-0.2, 0) is 0 Å². The molecular weight excluding hydrogens is 233 g/mol. The van der Waals surface area contributed by atoms with Gasteiger partial charge in [0.1, 0.15) is 5.82 Å². The minimum absolute atomic E-state index is 0.263. The number of rotatable bonds is 2. The van der Waals surface area contributed by atoms with Crippen LogP contribution < -0.4 is 0 Å². The van der Waals surface area contributed by atoms with Gasteiger partial charge in [0.15, 0.2) is 0 Å². The van der Waals surface area contributed by atoms with E-state index in [0.717, 1.165) is 16.7 Å². The van der Waals surface area contributed by atoms with E-state index in [1.54, 1.807) is 24.5 Å². The van der Waals surface area contributed by atoms with E-state index in [9.17, 15) is 4.39 Å². The SMILES string of the molecule is Fc1ccc(-c2cncc(-c3nn[nH]n3)c2)cc1. The smallest absolute Gasteiger partial charge is 0.206 e. The van der Waals surface area contributed by atoms with Gasteiger partial charge in [0.25, 0.3) is 0 Å². The first-order valence-corrected chi connectivity index (χ1v) is 5.28. The number of aromatic amines is 1. The van der Waals surface area contributed by atoms with E-state index in [0.29, 0.717) is 5.82 Å². The average molecular weight is 241 g/mol. The van der Waals surface area contributed by atoms with E-state index in [4.69, 9.17) is 0 Å². The zero-order valence-electron chi connectivity index (χ0n) is 9.21. The molecule has 88 valence electrons. The van der Waals surface area contributed by atoms with Gasteiger partial charge in [-0.05, 0) is 29.0 Å². The summed E-state index contributed by atoms with van der Waals surface area (Å²) in [4.78, 5) is 4.12. The second kappa shape index (κ2) is 4.33. The highest BCUT2D eigenvalue weighted by Crippen LogP contribution is 2.22. The topological polar surface area (TPSA) is 67.3 Å². The molecule has 0 atom stereocenters. The molecule has 3 rings (SSSR count). The minimum atomic E-state index is -0.263. The van der Waals surface area contributed by atoms with Crippen molar-refractivity contribution in [2.24, 2.45) is 0 Å². The molecule has 18 heavy (non-hydrogen) atoms. The number of hydrogen-bond donors (Lipinski definition) is 1. The summed E-state index contributed by atoms with van der Waals surface area (Å²) in [6.07, 6.45) is 3.36. The van der Waals surface area contributed by atoms with Crippen molar-refractivity contribution >= 4 is 0 Å². The largest absolute Gasteiger partial charge is 0.263 e. The molecule has 1 aromatic carbocycles. The van der Waals surface area contributed by atoms with Gasteiger partial charge in [-0.3, -0.25) is 4.98 Å². The summed E-state index contributed by atoms with van der Waals surface area (Å²) in [6, 6.07) is 8.11. The van der Waals surface area contributed by atoms with Crippen molar-refractivity contribution in [2.45, 2.75) is 0 Å². The Labute approximate surface area is 102 Å². The molecular formula is C12H8FN5. The van der Waals surface area contributed by atoms with Crippen LogP contribution >= 0.6 is 0 Å². The fraction of sp³-hybridized carbons (Fsp3) is 0. The highest BCUT2D eigenvalue weighted by molar-refractivity contribution is 5.68. The number of nitrogens with one attached hydrogen (secondary N) is 1. The van der Waals surface area contributed by atoms with Crippen molar-refractivity contribution in [3.05, 3.63) is 48.5 Å². The molecule has 0 radical (unpaired) electrons. The Morgan fingerprint density at radius 2 is 1.72 bits per heavy atom. The first-order valence-electron chi connectivity index (χ1n) is 5.28. The van der Waals surface area contributed by atoms with Gasteiger partial charge in [-0.25, -0.2) is 4.39 Å². The lowest BCUT2D eigenvalue weighted by atomic mass is 10.1. The molecule has 3 aromatic rings. The maximum Gasteiger partial charge on any atom is 0.206 e. The molecule has 2 heterocycles. The summed E-state index contributed by atoms with van der Waals surface area (Å²) in [5.74, 6) is 0.215. The van der Waals surface area contributed by atoms with Crippen LogP contribution in [0.15, 0.2) is 42.7 Å².